The quantitative estimate of drug-likeness (QED) is 0.433. The third kappa shape index (κ3) is 8.91. The molecule has 1 aromatic carbocycles. The standard InChI is InChI=1S/C29H45N3O6S2/c1-6-14-31(5)19-27-21(2)18-32(22(3)20-33)29(34)25-17-24(30-40(35,36)28-11-9-16-39-28)12-13-26(25)38-23(4)10-7-8-15-37-27/h9,11-13,16-17,21-23,27,30,33H,6-8,10,14-15,18-20H2,1-5H3/t21-,22-,23+,27-/m1/s1. The molecule has 224 valence electrons. The molecule has 9 nitrogen and oxygen atoms in total. The summed E-state index contributed by atoms with van der Waals surface area (Å²) in [6.07, 6.45) is 3.41. The summed E-state index contributed by atoms with van der Waals surface area (Å²) in [5.41, 5.74) is 0.522. The summed E-state index contributed by atoms with van der Waals surface area (Å²) < 4.78 is 41.2. The van der Waals surface area contributed by atoms with Crippen LogP contribution in [0.5, 0.6) is 5.75 Å². The maximum atomic E-state index is 14.1. The number of thiophene rings is 1. The van der Waals surface area contributed by atoms with E-state index in [1.807, 2.05) is 6.92 Å². The van der Waals surface area contributed by atoms with Crippen molar-refractivity contribution in [1.82, 2.24) is 9.80 Å². The van der Waals surface area contributed by atoms with Gasteiger partial charge in [0.15, 0.2) is 0 Å². The summed E-state index contributed by atoms with van der Waals surface area (Å²) in [6, 6.07) is 7.54. The topological polar surface area (TPSA) is 108 Å². The van der Waals surface area contributed by atoms with Gasteiger partial charge in [-0.25, -0.2) is 8.42 Å². The largest absolute Gasteiger partial charge is 0.490 e. The third-order valence-corrected chi connectivity index (χ3v) is 9.94. The van der Waals surface area contributed by atoms with E-state index in [0.717, 1.165) is 50.1 Å². The fourth-order valence-corrected chi connectivity index (χ4v) is 6.89. The van der Waals surface area contributed by atoms with Crippen molar-refractivity contribution >= 4 is 33.0 Å². The highest BCUT2D eigenvalue weighted by molar-refractivity contribution is 7.94. The molecule has 0 spiro atoms. The number of nitrogens with one attached hydrogen (secondary N) is 1. The van der Waals surface area contributed by atoms with E-state index in [4.69, 9.17) is 9.47 Å². The average Bonchev–Trinajstić information content (AvgIpc) is 3.47. The summed E-state index contributed by atoms with van der Waals surface area (Å²) in [5, 5.41) is 11.8. The number of anilines is 1. The van der Waals surface area contributed by atoms with Crippen LogP contribution in [0.4, 0.5) is 5.69 Å². The number of hydrogen-bond acceptors (Lipinski definition) is 8. The second kappa shape index (κ2) is 15.2. The van der Waals surface area contributed by atoms with Crippen molar-refractivity contribution < 1.29 is 27.8 Å². The molecule has 11 heteroatoms. The number of amides is 1. The minimum absolute atomic E-state index is 0.0102. The van der Waals surface area contributed by atoms with Crippen LogP contribution in [0.15, 0.2) is 39.9 Å². The summed E-state index contributed by atoms with van der Waals surface area (Å²) >= 11 is 1.12. The van der Waals surface area contributed by atoms with Gasteiger partial charge >= 0.3 is 0 Å². The van der Waals surface area contributed by atoms with E-state index in [2.05, 4.69) is 30.5 Å². The molecule has 0 saturated heterocycles. The van der Waals surface area contributed by atoms with Gasteiger partial charge in [0, 0.05) is 31.3 Å². The molecule has 0 aliphatic carbocycles. The van der Waals surface area contributed by atoms with E-state index in [-0.39, 0.29) is 46.1 Å². The molecular weight excluding hydrogens is 550 g/mol. The van der Waals surface area contributed by atoms with Crippen LogP contribution in [0.3, 0.4) is 0 Å². The molecule has 0 radical (unpaired) electrons. The van der Waals surface area contributed by atoms with Crippen LogP contribution in [-0.2, 0) is 14.8 Å². The van der Waals surface area contributed by atoms with Crippen molar-refractivity contribution in [3.63, 3.8) is 0 Å². The molecule has 1 aliphatic heterocycles. The monoisotopic (exact) mass is 595 g/mol. The van der Waals surface area contributed by atoms with Crippen LogP contribution in [-0.4, -0.2) is 87.4 Å². The first kappa shape index (κ1) is 32.3. The fraction of sp³-hybridized carbons (Fsp3) is 0.621. The molecule has 3 rings (SSSR count). The Balaban J connectivity index is 1.99. The number of sulfonamides is 1. The Morgan fingerprint density at radius 3 is 2.70 bits per heavy atom. The number of carbonyl (C=O) groups excluding carboxylic acids is 1. The molecule has 2 N–H and O–H groups in total. The number of benzene rings is 1. The highest BCUT2D eigenvalue weighted by Crippen LogP contribution is 2.30. The van der Waals surface area contributed by atoms with Gasteiger partial charge < -0.3 is 24.4 Å². The zero-order valence-corrected chi connectivity index (χ0v) is 26.0. The maximum Gasteiger partial charge on any atom is 0.271 e. The van der Waals surface area contributed by atoms with Crippen molar-refractivity contribution in [3.8, 4) is 5.75 Å². The highest BCUT2D eigenvalue weighted by atomic mass is 32.2. The Bertz CT molecular complexity index is 1170. The van der Waals surface area contributed by atoms with Gasteiger partial charge in [0.2, 0.25) is 0 Å². The maximum absolute atomic E-state index is 14.1. The SMILES string of the molecule is CCCN(C)C[C@H]1OCCCC[C@H](C)Oc2ccc(NS(=O)(=O)c3cccs3)cc2C(=O)N([C@H](C)CO)C[C@H]1C. The number of aliphatic hydroxyl groups is 1. The van der Waals surface area contributed by atoms with E-state index < -0.39 is 16.1 Å². The normalized spacial score (nSPS) is 22.3. The Labute approximate surface area is 243 Å². The van der Waals surface area contributed by atoms with Crippen LogP contribution in [0, 0.1) is 5.92 Å². The Morgan fingerprint density at radius 2 is 2.02 bits per heavy atom. The molecular formula is C29H45N3O6S2. The predicted octanol–water partition coefficient (Wildman–Crippen LogP) is 4.69. The zero-order chi connectivity index (χ0) is 29.3. The van der Waals surface area contributed by atoms with Crippen LogP contribution in [0.1, 0.15) is 63.7 Å². The minimum Gasteiger partial charge on any atom is -0.490 e. The summed E-state index contributed by atoms with van der Waals surface area (Å²) in [7, 11) is -1.72. The molecule has 2 aromatic rings. The van der Waals surface area contributed by atoms with E-state index >= 15 is 0 Å². The lowest BCUT2D eigenvalue weighted by atomic mass is 10.0. The molecule has 1 aromatic heterocycles. The van der Waals surface area contributed by atoms with Crippen molar-refractivity contribution in [1.29, 1.82) is 0 Å². The molecule has 2 heterocycles. The fourth-order valence-electron chi connectivity index (χ4n) is 4.85. The van der Waals surface area contributed by atoms with E-state index in [9.17, 15) is 18.3 Å². The van der Waals surface area contributed by atoms with Gasteiger partial charge in [-0.15, -0.1) is 11.3 Å². The first-order valence-electron chi connectivity index (χ1n) is 14.1. The third-order valence-electron chi connectivity index (χ3n) is 7.16. The summed E-state index contributed by atoms with van der Waals surface area (Å²) in [6.45, 7) is 10.5. The zero-order valence-electron chi connectivity index (χ0n) is 24.3. The smallest absolute Gasteiger partial charge is 0.271 e. The minimum atomic E-state index is -3.80. The van der Waals surface area contributed by atoms with Gasteiger partial charge in [-0.2, -0.15) is 0 Å². The number of fused-ring (bicyclic) bond motifs is 1. The van der Waals surface area contributed by atoms with Gasteiger partial charge in [0.05, 0.1) is 30.4 Å². The Morgan fingerprint density at radius 1 is 1.25 bits per heavy atom. The molecule has 40 heavy (non-hydrogen) atoms. The second-order valence-corrected chi connectivity index (χ2v) is 13.7. The van der Waals surface area contributed by atoms with Gasteiger partial charge in [0.1, 0.15) is 9.96 Å². The van der Waals surface area contributed by atoms with Crippen LogP contribution in [0.25, 0.3) is 0 Å². The van der Waals surface area contributed by atoms with Crippen LogP contribution >= 0.6 is 11.3 Å². The van der Waals surface area contributed by atoms with Gasteiger partial charge in [-0.3, -0.25) is 9.52 Å². The Hall–Kier alpha value is -2.18. The first-order chi connectivity index (χ1) is 19.1. The number of likely N-dealkylation sites (N-methyl/N-ethyl adjacent to an activating group) is 1. The predicted molar refractivity (Wildman–Crippen MR) is 160 cm³/mol. The van der Waals surface area contributed by atoms with Crippen molar-refractivity contribution in [3.05, 3.63) is 41.3 Å². The molecule has 1 aliphatic rings. The van der Waals surface area contributed by atoms with Crippen molar-refractivity contribution in [2.24, 2.45) is 5.92 Å². The molecule has 4 atom stereocenters. The molecule has 0 fully saturated rings. The van der Waals surface area contributed by atoms with Crippen LogP contribution < -0.4 is 9.46 Å². The Kier molecular flexibility index (Phi) is 12.3. The number of rotatable bonds is 9. The van der Waals surface area contributed by atoms with Gasteiger partial charge in [0.25, 0.3) is 15.9 Å². The summed E-state index contributed by atoms with van der Waals surface area (Å²) in [5.74, 6) is 0.0569. The lowest BCUT2D eigenvalue weighted by molar-refractivity contribution is -0.0167. The molecule has 0 unspecified atom stereocenters. The van der Waals surface area contributed by atoms with E-state index in [1.54, 1.807) is 35.4 Å². The number of carbonyl (C=O) groups is 1. The van der Waals surface area contributed by atoms with E-state index in [1.165, 1.54) is 12.1 Å². The van der Waals surface area contributed by atoms with Crippen molar-refractivity contribution in [2.45, 2.75) is 75.8 Å². The highest BCUT2D eigenvalue weighted by Gasteiger charge is 2.30. The van der Waals surface area contributed by atoms with Crippen LogP contribution in [0.2, 0.25) is 0 Å². The van der Waals surface area contributed by atoms with Gasteiger partial charge in [-0.05, 0) is 82.8 Å². The van der Waals surface area contributed by atoms with E-state index in [0.29, 0.717) is 18.9 Å². The lowest BCUT2D eigenvalue weighted by Crippen LogP contribution is -2.47. The second-order valence-electron chi connectivity index (χ2n) is 10.8. The number of aliphatic hydroxyl groups excluding tert-OH is 1. The van der Waals surface area contributed by atoms with Gasteiger partial charge in [-0.1, -0.05) is 19.9 Å². The molecule has 0 bridgehead atoms. The first-order valence-corrected chi connectivity index (χ1v) is 16.5. The number of ether oxygens (including phenoxy) is 2. The molecule has 1 amide bonds. The summed E-state index contributed by atoms with van der Waals surface area (Å²) in [4.78, 5) is 18.0. The lowest BCUT2D eigenvalue weighted by Gasteiger charge is -2.35. The van der Waals surface area contributed by atoms with Crippen molar-refractivity contribution in [2.75, 3.05) is 44.6 Å². The molecule has 0 saturated carbocycles. The average molecular weight is 596 g/mol. The number of nitrogens with zero attached hydrogens (tertiary/aromatic N) is 2. The number of hydrogen-bond donors (Lipinski definition) is 2.